The number of nitrogens with zero attached hydrogens (tertiary/aromatic N) is 1. The van der Waals surface area contributed by atoms with Crippen LogP contribution in [0.3, 0.4) is 0 Å². The first-order chi connectivity index (χ1) is 7.27. The van der Waals surface area contributed by atoms with E-state index < -0.39 is 29.9 Å². The SMILES string of the molecule is CC(C(=O)O)N(C)C(=O)CCC(N)C(=O)O. The molecule has 2 unspecified atom stereocenters. The summed E-state index contributed by atoms with van der Waals surface area (Å²) in [4.78, 5) is 33.4. The highest BCUT2D eigenvalue weighted by atomic mass is 16.4. The monoisotopic (exact) mass is 232 g/mol. The van der Waals surface area contributed by atoms with E-state index in [9.17, 15) is 14.4 Å². The van der Waals surface area contributed by atoms with Crippen LogP contribution in [0.25, 0.3) is 0 Å². The van der Waals surface area contributed by atoms with Crippen molar-refractivity contribution < 1.29 is 24.6 Å². The number of carboxylic acids is 2. The first kappa shape index (κ1) is 14.4. The van der Waals surface area contributed by atoms with Gasteiger partial charge in [0.05, 0.1) is 0 Å². The van der Waals surface area contributed by atoms with Crippen molar-refractivity contribution in [2.75, 3.05) is 7.05 Å². The number of rotatable bonds is 6. The number of hydrogen-bond donors (Lipinski definition) is 3. The van der Waals surface area contributed by atoms with Crippen molar-refractivity contribution in [3.05, 3.63) is 0 Å². The molecule has 7 heteroatoms. The summed E-state index contributed by atoms with van der Waals surface area (Å²) >= 11 is 0. The van der Waals surface area contributed by atoms with E-state index >= 15 is 0 Å². The maximum absolute atomic E-state index is 11.4. The molecule has 0 heterocycles. The number of likely N-dealkylation sites (N-methyl/N-ethyl adjacent to an activating group) is 1. The van der Waals surface area contributed by atoms with Gasteiger partial charge < -0.3 is 20.8 Å². The molecule has 0 aromatic heterocycles. The summed E-state index contributed by atoms with van der Waals surface area (Å²) < 4.78 is 0. The molecule has 92 valence electrons. The molecule has 0 saturated heterocycles. The molecule has 0 fully saturated rings. The van der Waals surface area contributed by atoms with Crippen LogP contribution in [0.2, 0.25) is 0 Å². The van der Waals surface area contributed by atoms with Crippen molar-refractivity contribution in [3.8, 4) is 0 Å². The molecule has 0 aliphatic rings. The van der Waals surface area contributed by atoms with Crippen molar-refractivity contribution in [3.63, 3.8) is 0 Å². The fourth-order valence-electron chi connectivity index (χ4n) is 0.960. The third-order valence-corrected chi connectivity index (χ3v) is 2.32. The zero-order valence-electron chi connectivity index (χ0n) is 9.21. The Hall–Kier alpha value is -1.63. The second-order valence-corrected chi connectivity index (χ2v) is 3.50. The van der Waals surface area contributed by atoms with E-state index in [1.165, 1.54) is 14.0 Å². The summed E-state index contributed by atoms with van der Waals surface area (Å²) in [7, 11) is 1.35. The van der Waals surface area contributed by atoms with Crippen molar-refractivity contribution in [2.45, 2.75) is 31.8 Å². The normalized spacial score (nSPS) is 13.9. The van der Waals surface area contributed by atoms with Crippen LogP contribution in [0.1, 0.15) is 19.8 Å². The maximum atomic E-state index is 11.4. The van der Waals surface area contributed by atoms with E-state index in [0.717, 1.165) is 4.90 Å². The smallest absolute Gasteiger partial charge is 0.326 e. The van der Waals surface area contributed by atoms with E-state index in [1.54, 1.807) is 0 Å². The number of hydrogen-bond acceptors (Lipinski definition) is 4. The number of amides is 1. The molecule has 0 radical (unpaired) electrons. The summed E-state index contributed by atoms with van der Waals surface area (Å²) in [6.07, 6.45) is -0.0908. The predicted octanol–water partition coefficient (Wildman–Crippen LogP) is -0.890. The molecule has 0 spiro atoms. The van der Waals surface area contributed by atoms with Crippen LogP contribution < -0.4 is 5.73 Å². The van der Waals surface area contributed by atoms with Crippen LogP contribution in [0.5, 0.6) is 0 Å². The lowest BCUT2D eigenvalue weighted by atomic mass is 10.1. The van der Waals surface area contributed by atoms with E-state index in [2.05, 4.69) is 0 Å². The van der Waals surface area contributed by atoms with Crippen molar-refractivity contribution in [1.29, 1.82) is 0 Å². The van der Waals surface area contributed by atoms with Crippen LogP contribution in [0.4, 0.5) is 0 Å². The molecular weight excluding hydrogens is 216 g/mol. The summed E-state index contributed by atoms with van der Waals surface area (Å²) in [6.45, 7) is 1.37. The van der Waals surface area contributed by atoms with Gasteiger partial charge in [-0.2, -0.15) is 0 Å². The van der Waals surface area contributed by atoms with Crippen molar-refractivity contribution >= 4 is 17.8 Å². The van der Waals surface area contributed by atoms with Gasteiger partial charge in [-0.15, -0.1) is 0 Å². The van der Waals surface area contributed by atoms with E-state index in [0.29, 0.717) is 0 Å². The van der Waals surface area contributed by atoms with Gasteiger partial charge in [-0.05, 0) is 13.3 Å². The second-order valence-electron chi connectivity index (χ2n) is 3.50. The molecule has 0 aliphatic carbocycles. The molecule has 0 rings (SSSR count). The summed E-state index contributed by atoms with van der Waals surface area (Å²) in [5.74, 6) is -2.73. The lowest BCUT2D eigenvalue weighted by Crippen LogP contribution is -2.41. The molecule has 0 aliphatic heterocycles. The molecule has 1 amide bonds. The van der Waals surface area contributed by atoms with E-state index in [1.807, 2.05) is 0 Å². The summed E-state index contributed by atoms with van der Waals surface area (Å²) in [5.41, 5.74) is 5.21. The van der Waals surface area contributed by atoms with Gasteiger partial charge in [-0.3, -0.25) is 9.59 Å². The van der Waals surface area contributed by atoms with Crippen molar-refractivity contribution in [1.82, 2.24) is 4.90 Å². The molecule has 0 saturated carbocycles. The maximum Gasteiger partial charge on any atom is 0.326 e. The third-order valence-electron chi connectivity index (χ3n) is 2.32. The van der Waals surface area contributed by atoms with Gasteiger partial charge in [0.25, 0.3) is 0 Å². The highest BCUT2D eigenvalue weighted by Crippen LogP contribution is 2.03. The molecular formula is C9H16N2O5. The Labute approximate surface area is 92.8 Å². The van der Waals surface area contributed by atoms with Gasteiger partial charge in [0.15, 0.2) is 0 Å². The fourth-order valence-corrected chi connectivity index (χ4v) is 0.960. The minimum atomic E-state index is -1.18. The third kappa shape index (κ3) is 4.26. The molecule has 0 aromatic rings. The topological polar surface area (TPSA) is 121 Å². The lowest BCUT2D eigenvalue weighted by Gasteiger charge is -2.21. The average Bonchev–Trinajstić information content (AvgIpc) is 2.22. The standard InChI is InChI=1S/C9H16N2O5/c1-5(8(13)14)11(2)7(12)4-3-6(10)9(15)16/h5-6H,3-4,10H2,1-2H3,(H,13,14)(H,15,16). The predicted molar refractivity (Wildman–Crippen MR) is 54.7 cm³/mol. The van der Waals surface area contributed by atoms with Crippen LogP contribution in [-0.2, 0) is 14.4 Å². The van der Waals surface area contributed by atoms with E-state index in [4.69, 9.17) is 15.9 Å². The zero-order valence-corrected chi connectivity index (χ0v) is 9.21. The highest BCUT2D eigenvalue weighted by molar-refractivity contribution is 5.83. The largest absolute Gasteiger partial charge is 0.480 e. The minimum absolute atomic E-state index is 0.00908. The van der Waals surface area contributed by atoms with Crippen molar-refractivity contribution in [2.24, 2.45) is 5.73 Å². The summed E-state index contributed by atoms with van der Waals surface area (Å²) in [6, 6.07) is -2.04. The fraction of sp³-hybridized carbons (Fsp3) is 0.667. The van der Waals surface area contributed by atoms with Gasteiger partial charge in [0.1, 0.15) is 12.1 Å². The van der Waals surface area contributed by atoms with Gasteiger partial charge in [-0.1, -0.05) is 0 Å². The number of nitrogens with two attached hydrogens (primary N) is 1. The molecule has 2 atom stereocenters. The Morgan fingerprint density at radius 3 is 2.12 bits per heavy atom. The molecule has 7 nitrogen and oxygen atoms in total. The van der Waals surface area contributed by atoms with Gasteiger partial charge in [-0.25, -0.2) is 4.79 Å². The summed E-state index contributed by atoms with van der Waals surface area (Å²) in [5, 5.41) is 17.1. The molecule has 0 bridgehead atoms. The van der Waals surface area contributed by atoms with Gasteiger partial charge in [0, 0.05) is 13.5 Å². The molecule has 4 N–H and O–H groups in total. The van der Waals surface area contributed by atoms with Gasteiger partial charge in [0.2, 0.25) is 5.91 Å². The number of carbonyl (C=O) groups is 3. The number of carbonyl (C=O) groups excluding carboxylic acids is 1. The number of carboxylic acid groups (broad SMARTS) is 2. The Kier molecular flexibility index (Phi) is 5.44. The highest BCUT2D eigenvalue weighted by Gasteiger charge is 2.22. The zero-order chi connectivity index (χ0) is 12.9. The van der Waals surface area contributed by atoms with Crippen LogP contribution in [0.15, 0.2) is 0 Å². The Bertz CT molecular complexity index is 292. The van der Waals surface area contributed by atoms with Crippen LogP contribution >= 0.6 is 0 Å². The quantitative estimate of drug-likeness (QED) is 0.546. The lowest BCUT2D eigenvalue weighted by molar-refractivity contribution is -0.148. The average molecular weight is 232 g/mol. The number of aliphatic carboxylic acids is 2. The minimum Gasteiger partial charge on any atom is -0.480 e. The Morgan fingerprint density at radius 1 is 1.25 bits per heavy atom. The Morgan fingerprint density at radius 2 is 1.75 bits per heavy atom. The first-order valence-corrected chi connectivity index (χ1v) is 4.74. The van der Waals surface area contributed by atoms with Crippen LogP contribution in [0, 0.1) is 0 Å². The molecule has 16 heavy (non-hydrogen) atoms. The second kappa shape index (κ2) is 6.06. The molecule has 0 aromatic carbocycles. The van der Waals surface area contributed by atoms with Gasteiger partial charge >= 0.3 is 11.9 Å². The van der Waals surface area contributed by atoms with E-state index in [-0.39, 0.29) is 12.8 Å². The Balaban J connectivity index is 4.16. The first-order valence-electron chi connectivity index (χ1n) is 4.74. The van der Waals surface area contributed by atoms with Crippen LogP contribution in [-0.4, -0.2) is 52.1 Å².